The number of rotatable bonds is 6. The summed E-state index contributed by atoms with van der Waals surface area (Å²) >= 11 is 0. The van der Waals surface area contributed by atoms with E-state index in [4.69, 9.17) is 5.11 Å². The van der Waals surface area contributed by atoms with Crippen molar-refractivity contribution in [3.05, 3.63) is 37.0 Å². The van der Waals surface area contributed by atoms with E-state index in [1.54, 1.807) is 6.08 Å². The summed E-state index contributed by atoms with van der Waals surface area (Å²) in [5.41, 5.74) is 0. The molecule has 0 aliphatic carbocycles. The first-order valence-corrected chi connectivity index (χ1v) is 3.94. The fourth-order valence-electron chi connectivity index (χ4n) is 0.693. The van der Waals surface area contributed by atoms with Gasteiger partial charge in [-0.2, -0.15) is 0 Å². The minimum Gasteiger partial charge on any atom is -0.478 e. The van der Waals surface area contributed by atoms with Crippen LogP contribution in [0.1, 0.15) is 19.3 Å². The Bertz CT molecular complexity index is 190. The summed E-state index contributed by atoms with van der Waals surface area (Å²) in [4.78, 5) is 10.0. The van der Waals surface area contributed by atoms with Crippen LogP contribution in [0.3, 0.4) is 0 Å². The summed E-state index contributed by atoms with van der Waals surface area (Å²) < 4.78 is 0. The number of hydrogen-bond donors (Lipinski definition) is 1. The minimum absolute atomic E-state index is 0.911. The number of unbranched alkanes of at least 4 members (excludes halogenated alkanes) is 2. The molecule has 66 valence electrons. The second kappa shape index (κ2) is 7.79. The van der Waals surface area contributed by atoms with Gasteiger partial charge in [-0.05, 0) is 19.3 Å². The second-order valence-electron chi connectivity index (χ2n) is 2.35. The molecular weight excluding hydrogens is 152 g/mol. The molecule has 0 aliphatic heterocycles. The zero-order chi connectivity index (χ0) is 9.23. The van der Waals surface area contributed by atoms with Crippen LogP contribution in [0.2, 0.25) is 0 Å². The molecule has 0 heterocycles. The van der Waals surface area contributed by atoms with Crippen LogP contribution in [0.5, 0.6) is 0 Å². The molecule has 1 N–H and O–H groups in total. The van der Waals surface area contributed by atoms with Gasteiger partial charge in [0.05, 0.1) is 0 Å². The van der Waals surface area contributed by atoms with Crippen LogP contribution < -0.4 is 0 Å². The highest BCUT2D eigenvalue weighted by Gasteiger charge is 1.81. The van der Waals surface area contributed by atoms with Crippen LogP contribution in [0, 0.1) is 0 Å². The number of carbonyl (C=O) groups is 1. The molecule has 0 amide bonds. The van der Waals surface area contributed by atoms with Crippen molar-refractivity contribution in [3.8, 4) is 0 Å². The van der Waals surface area contributed by atoms with Gasteiger partial charge in [0, 0.05) is 6.08 Å². The number of hydrogen-bond acceptors (Lipinski definition) is 1. The van der Waals surface area contributed by atoms with Crippen molar-refractivity contribution in [2.24, 2.45) is 0 Å². The minimum atomic E-state index is -0.911. The maximum absolute atomic E-state index is 10.0. The first-order valence-electron chi connectivity index (χ1n) is 3.94. The first kappa shape index (κ1) is 10.7. The van der Waals surface area contributed by atoms with Crippen LogP contribution in [0.25, 0.3) is 0 Å². The molecule has 0 saturated heterocycles. The molecule has 0 aromatic rings. The molecule has 2 heteroatoms. The van der Waals surface area contributed by atoms with E-state index < -0.39 is 5.97 Å². The smallest absolute Gasteiger partial charge is 0.328 e. The molecule has 0 rings (SSSR count). The highest BCUT2D eigenvalue weighted by molar-refractivity contribution is 5.80. The monoisotopic (exact) mass is 166 g/mol. The molecule has 0 atom stereocenters. The van der Waals surface area contributed by atoms with Crippen molar-refractivity contribution in [3.63, 3.8) is 0 Å². The standard InChI is InChI=1S/C10H14O2/c1-2-3-4-5-6-7-8-9-10(11)12/h2,6-9H,1,3-5H2,(H,11,12)/b7-6+,9-8+. The summed E-state index contributed by atoms with van der Waals surface area (Å²) in [5, 5.41) is 8.22. The van der Waals surface area contributed by atoms with Gasteiger partial charge in [0.1, 0.15) is 0 Å². The normalized spacial score (nSPS) is 11.0. The van der Waals surface area contributed by atoms with E-state index in [0.717, 1.165) is 25.3 Å². The highest BCUT2D eigenvalue weighted by Crippen LogP contribution is 1.96. The fourth-order valence-corrected chi connectivity index (χ4v) is 0.693. The molecule has 0 aromatic carbocycles. The van der Waals surface area contributed by atoms with Gasteiger partial charge < -0.3 is 5.11 Å². The first-order chi connectivity index (χ1) is 5.77. The SMILES string of the molecule is C=CCCC/C=C/C=C/C(=O)O. The maximum Gasteiger partial charge on any atom is 0.328 e. The predicted molar refractivity (Wildman–Crippen MR) is 50.0 cm³/mol. The number of aliphatic carboxylic acids is 1. The van der Waals surface area contributed by atoms with E-state index >= 15 is 0 Å². The molecule has 0 unspecified atom stereocenters. The average molecular weight is 166 g/mol. The average Bonchev–Trinajstić information content (AvgIpc) is 2.02. The van der Waals surface area contributed by atoms with Crippen LogP contribution in [-0.2, 0) is 4.79 Å². The van der Waals surface area contributed by atoms with E-state index in [-0.39, 0.29) is 0 Å². The molecule has 0 radical (unpaired) electrons. The Morgan fingerprint density at radius 1 is 1.33 bits per heavy atom. The van der Waals surface area contributed by atoms with E-state index in [1.807, 2.05) is 12.2 Å². The third-order valence-electron chi connectivity index (χ3n) is 1.27. The topological polar surface area (TPSA) is 37.3 Å². The van der Waals surface area contributed by atoms with Crippen molar-refractivity contribution in [2.75, 3.05) is 0 Å². The lowest BCUT2D eigenvalue weighted by Gasteiger charge is -1.86. The summed E-state index contributed by atoms with van der Waals surface area (Å²) in [6.45, 7) is 3.60. The summed E-state index contributed by atoms with van der Waals surface area (Å²) in [7, 11) is 0. The van der Waals surface area contributed by atoms with E-state index in [0.29, 0.717) is 0 Å². The lowest BCUT2D eigenvalue weighted by atomic mass is 10.2. The van der Waals surface area contributed by atoms with Gasteiger partial charge in [-0.1, -0.05) is 24.3 Å². The zero-order valence-electron chi connectivity index (χ0n) is 7.07. The van der Waals surface area contributed by atoms with Gasteiger partial charge >= 0.3 is 5.97 Å². The van der Waals surface area contributed by atoms with Gasteiger partial charge in [-0.25, -0.2) is 4.79 Å². The van der Waals surface area contributed by atoms with E-state index in [9.17, 15) is 4.79 Å². The third-order valence-corrected chi connectivity index (χ3v) is 1.27. The van der Waals surface area contributed by atoms with Crippen molar-refractivity contribution >= 4 is 5.97 Å². The fraction of sp³-hybridized carbons (Fsp3) is 0.300. The Balaban J connectivity index is 3.36. The van der Waals surface area contributed by atoms with Crippen LogP contribution in [0.4, 0.5) is 0 Å². The van der Waals surface area contributed by atoms with E-state index in [2.05, 4.69) is 6.58 Å². The summed E-state index contributed by atoms with van der Waals surface area (Å²) in [6, 6.07) is 0. The maximum atomic E-state index is 10.0. The van der Waals surface area contributed by atoms with Crippen molar-refractivity contribution in [1.29, 1.82) is 0 Å². The lowest BCUT2D eigenvalue weighted by molar-refractivity contribution is -0.131. The van der Waals surface area contributed by atoms with Crippen molar-refractivity contribution in [1.82, 2.24) is 0 Å². The zero-order valence-corrected chi connectivity index (χ0v) is 7.07. The Kier molecular flexibility index (Phi) is 6.94. The molecule has 0 saturated carbocycles. The van der Waals surface area contributed by atoms with Gasteiger partial charge in [-0.15, -0.1) is 6.58 Å². The second-order valence-corrected chi connectivity index (χ2v) is 2.35. The van der Waals surface area contributed by atoms with Gasteiger partial charge in [0.25, 0.3) is 0 Å². The van der Waals surface area contributed by atoms with Crippen molar-refractivity contribution < 1.29 is 9.90 Å². The van der Waals surface area contributed by atoms with Crippen molar-refractivity contribution in [2.45, 2.75) is 19.3 Å². The summed E-state index contributed by atoms with van der Waals surface area (Å²) in [6.07, 6.45) is 11.3. The summed E-state index contributed by atoms with van der Waals surface area (Å²) in [5.74, 6) is -0.911. The predicted octanol–water partition coefficient (Wildman–Crippen LogP) is 2.54. The molecule has 0 fully saturated rings. The van der Waals surface area contributed by atoms with Crippen LogP contribution in [-0.4, -0.2) is 11.1 Å². The Morgan fingerprint density at radius 2 is 2.08 bits per heavy atom. The Hall–Kier alpha value is -1.31. The Morgan fingerprint density at radius 3 is 2.67 bits per heavy atom. The Labute approximate surface area is 72.9 Å². The van der Waals surface area contributed by atoms with Crippen LogP contribution >= 0.6 is 0 Å². The van der Waals surface area contributed by atoms with Gasteiger partial charge in [0.2, 0.25) is 0 Å². The number of carboxylic acids is 1. The number of allylic oxidation sites excluding steroid dienone is 4. The molecule has 0 aliphatic rings. The van der Waals surface area contributed by atoms with Gasteiger partial charge in [-0.3, -0.25) is 0 Å². The third kappa shape index (κ3) is 8.69. The molecular formula is C10H14O2. The van der Waals surface area contributed by atoms with Crippen LogP contribution in [0.15, 0.2) is 37.0 Å². The quantitative estimate of drug-likeness (QED) is 0.285. The van der Waals surface area contributed by atoms with E-state index in [1.165, 1.54) is 6.08 Å². The molecule has 12 heavy (non-hydrogen) atoms. The number of carboxylic acid groups (broad SMARTS) is 1. The molecule has 0 spiro atoms. The molecule has 0 aromatic heterocycles. The lowest BCUT2D eigenvalue weighted by Crippen LogP contribution is -1.84. The molecule has 2 nitrogen and oxygen atoms in total. The largest absolute Gasteiger partial charge is 0.478 e. The highest BCUT2D eigenvalue weighted by atomic mass is 16.4. The van der Waals surface area contributed by atoms with Gasteiger partial charge in [0.15, 0.2) is 0 Å². The molecule has 0 bridgehead atoms.